The summed E-state index contributed by atoms with van der Waals surface area (Å²) in [6.07, 6.45) is 2.46. The zero-order valence-corrected chi connectivity index (χ0v) is 8.42. The maximum atomic E-state index is 11.2. The van der Waals surface area contributed by atoms with Gasteiger partial charge in [0.05, 0.1) is 5.54 Å². The van der Waals surface area contributed by atoms with E-state index in [1.165, 1.54) is 18.5 Å². The first kappa shape index (κ1) is 8.60. The molecule has 0 saturated heterocycles. The van der Waals surface area contributed by atoms with E-state index in [4.69, 9.17) is 0 Å². The molecule has 1 aromatic rings. The third-order valence-corrected chi connectivity index (χ3v) is 2.43. The van der Waals surface area contributed by atoms with Gasteiger partial charge in [-0.1, -0.05) is 0 Å². The predicted octanol–water partition coefficient (Wildman–Crippen LogP) is 1.81. The van der Waals surface area contributed by atoms with E-state index in [0.717, 1.165) is 0 Å². The Hall–Kier alpha value is -0.990. The summed E-state index contributed by atoms with van der Waals surface area (Å²) in [5.74, 6) is 0.623. The van der Waals surface area contributed by atoms with Gasteiger partial charge in [0.15, 0.2) is 0 Å². The average Bonchev–Trinajstić information content (AvgIpc) is 2.73. The third-order valence-electron chi connectivity index (χ3n) is 2.43. The molecule has 0 aromatic carbocycles. The Morgan fingerprint density at radius 1 is 1.46 bits per heavy atom. The summed E-state index contributed by atoms with van der Waals surface area (Å²) < 4.78 is 2.01. The van der Waals surface area contributed by atoms with Crippen molar-refractivity contribution in [3.63, 3.8) is 0 Å². The number of nitrogens with one attached hydrogen (secondary N) is 1. The molecule has 0 aliphatic heterocycles. The Morgan fingerprint density at radius 2 is 2.08 bits per heavy atom. The lowest BCUT2D eigenvalue weighted by Gasteiger charge is -2.23. The standard InChI is InChI=1S/C10H16N2O/c1-10(2,3)12-8(7-4-5-7)6-9(13)11-12/h6-7H,4-5H2,1-3H3,(H,11,13). The van der Waals surface area contributed by atoms with E-state index in [9.17, 15) is 4.79 Å². The lowest BCUT2D eigenvalue weighted by Crippen LogP contribution is -2.26. The number of hydrogen-bond donors (Lipinski definition) is 1. The monoisotopic (exact) mass is 180 g/mol. The Morgan fingerprint density at radius 3 is 2.54 bits per heavy atom. The molecular weight excluding hydrogens is 164 g/mol. The minimum Gasteiger partial charge on any atom is -0.284 e. The molecular formula is C10H16N2O. The Kier molecular flexibility index (Phi) is 1.65. The fraction of sp³-hybridized carbons (Fsp3) is 0.700. The Labute approximate surface area is 77.7 Å². The van der Waals surface area contributed by atoms with Gasteiger partial charge < -0.3 is 0 Å². The highest BCUT2D eigenvalue weighted by atomic mass is 16.1. The van der Waals surface area contributed by atoms with E-state index in [1.807, 2.05) is 4.68 Å². The van der Waals surface area contributed by atoms with Crippen LogP contribution in [0.3, 0.4) is 0 Å². The van der Waals surface area contributed by atoms with Crippen LogP contribution < -0.4 is 5.56 Å². The van der Waals surface area contributed by atoms with E-state index in [-0.39, 0.29) is 11.1 Å². The van der Waals surface area contributed by atoms with E-state index < -0.39 is 0 Å². The Balaban J connectivity index is 2.48. The number of rotatable bonds is 1. The van der Waals surface area contributed by atoms with Crippen molar-refractivity contribution >= 4 is 0 Å². The molecule has 1 aromatic heterocycles. The third kappa shape index (κ3) is 1.55. The van der Waals surface area contributed by atoms with Crippen LogP contribution in [0, 0.1) is 0 Å². The summed E-state index contributed by atoms with van der Waals surface area (Å²) in [5, 5.41) is 2.87. The quantitative estimate of drug-likeness (QED) is 0.703. The van der Waals surface area contributed by atoms with Gasteiger partial charge in [-0.05, 0) is 33.6 Å². The summed E-state index contributed by atoms with van der Waals surface area (Å²) in [7, 11) is 0. The van der Waals surface area contributed by atoms with Gasteiger partial charge in [0.1, 0.15) is 0 Å². The number of aromatic amines is 1. The van der Waals surface area contributed by atoms with Crippen molar-refractivity contribution in [2.45, 2.75) is 45.1 Å². The van der Waals surface area contributed by atoms with Crippen LogP contribution in [0.5, 0.6) is 0 Å². The predicted molar refractivity (Wildman–Crippen MR) is 52.0 cm³/mol. The van der Waals surface area contributed by atoms with E-state index >= 15 is 0 Å². The molecule has 3 heteroatoms. The van der Waals surface area contributed by atoms with E-state index in [1.54, 1.807) is 6.07 Å². The number of nitrogens with zero attached hydrogens (tertiary/aromatic N) is 1. The topological polar surface area (TPSA) is 37.8 Å². The van der Waals surface area contributed by atoms with Crippen LogP contribution in [0.1, 0.15) is 45.2 Å². The first-order valence-corrected chi connectivity index (χ1v) is 4.81. The average molecular weight is 180 g/mol. The fourth-order valence-corrected chi connectivity index (χ4v) is 1.64. The van der Waals surface area contributed by atoms with Crippen molar-refractivity contribution in [1.82, 2.24) is 9.78 Å². The number of aromatic nitrogens is 2. The second-order valence-corrected chi connectivity index (χ2v) is 4.83. The smallest absolute Gasteiger partial charge is 0.264 e. The van der Waals surface area contributed by atoms with Crippen molar-refractivity contribution in [1.29, 1.82) is 0 Å². The molecule has 0 unspecified atom stereocenters. The molecule has 1 N–H and O–H groups in total. The number of hydrogen-bond acceptors (Lipinski definition) is 1. The maximum absolute atomic E-state index is 11.2. The van der Waals surface area contributed by atoms with E-state index in [0.29, 0.717) is 5.92 Å². The van der Waals surface area contributed by atoms with Crippen LogP contribution in [-0.4, -0.2) is 9.78 Å². The second-order valence-electron chi connectivity index (χ2n) is 4.83. The molecule has 1 aliphatic carbocycles. The zero-order chi connectivity index (χ0) is 9.64. The Bertz CT molecular complexity index is 363. The van der Waals surface area contributed by atoms with Crippen LogP contribution in [0.4, 0.5) is 0 Å². The minimum absolute atomic E-state index is 0.0133. The van der Waals surface area contributed by atoms with Crippen molar-refractivity contribution < 1.29 is 0 Å². The van der Waals surface area contributed by atoms with Gasteiger partial charge in [-0.2, -0.15) is 0 Å². The van der Waals surface area contributed by atoms with Crippen LogP contribution >= 0.6 is 0 Å². The molecule has 72 valence electrons. The van der Waals surface area contributed by atoms with Crippen LogP contribution in [0.15, 0.2) is 10.9 Å². The molecule has 1 fully saturated rings. The van der Waals surface area contributed by atoms with Gasteiger partial charge in [-0.3, -0.25) is 14.6 Å². The molecule has 2 rings (SSSR count). The molecule has 1 saturated carbocycles. The van der Waals surface area contributed by atoms with Gasteiger partial charge >= 0.3 is 0 Å². The number of H-pyrrole nitrogens is 1. The van der Waals surface area contributed by atoms with Crippen LogP contribution in [-0.2, 0) is 5.54 Å². The highest BCUT2D eigenvalue weighted by molar-refractivity contribution is 5.15. The highest BCUT2D eigenvalue weighted by Crippen LogP contribution is 2.40. The summed E-state index contributed by atoms with van der Waals surface area (Å²) in [4.78, 5) is 11.2. The maximum Gasteiger partial charge on any atom is 0.264 e. The molecule has 0 bridgehead atoms. The summed E-state index contributed by atoms with van der Waals surface area (Å²) in [6, 6.07) is 1.74. The first-order chi connectivity index (χ1) is 5.98. The molecule has 13 heavy (non-hydrogen) atoms. The summed E-state index contributed by atoms with van der Waals surface area (Å²) in [6.45, 7) is 6.32. The van der Waals surface area contributed by atoms with Crippen LogP contribution in [0.2, 0.25) is 0 Å². The van der Waals surface area contributed by atoms with Gasteiger partial charge in [0, 0.05) is 17.7 Å². The highest BCUT2D eigenvalue weighted by Gasteiger charge is 2.30. The molecule has 1 heterocycles. The lowest BCUT2D eigenvalue weighted by molar-refractivity contribution is 0.342. The van der Waals surface area contributed by atoms with Crippen molar-refractivity contribution in [2.75, 3.05) is 0 Å². The largest absolute Gasteiger partial charge is 0.284 e. The molecule has 0 radical (unpaired) electrons. The van der Waals surface area contributed by atoms with E-state index in [2.05, 4.69) is 25.9 Å². The molecule has 1 aliphatic rings. The normalized spacial score (nSPS) is 17.8. The zero-order valence-electron chi connectivity index (χ0n) is 8.42. The summed E-state index contributed by atoms with van der Waals surface area (Å²) >= 11 is 0. The second kappa shape index (κ2) is 2.50. The first-order valence-electron chi connectivity index (χ1n) is 4.81. The van der Waals surface area contributed by atoms with Gasteiger partial charge in [0.25, 0.3) is 5.56 Å². The van der Waals surface area contributed by atoms with Gasteiger partial charge in [0.2, 0.25) is 0 Å². The molecule has 3 nitrogen and oxygen atoms in total. The van der Waals surface area contributed by atoms with Crippen molar-refractivity contribution in [3.8, 4) is 0 Å². The molecule has 0 amide bonds. The van der Waals surface area contributed by atoms with Crippen molar-refractivity contribution in [3.05, 3.63) is 22.1 Å². The summed E-state index contributed by atoms with van der Waals surface area (Å²) in [5.41, 5.74) is 1.19. The molecule has 0 atom stereocenters. The minimum atomic E-state index is -0.0133. The van der Waals surface area contributed by atoms with Crippen LogP contribution in [0.25, 0.3) is 0 Å². The van der Waals surface area contributed by atoms with Crippen molar-refractivity contribution in [2.24, 2.45) is 0 Å². The lowest BCUT2D eigenvalue weighted by atomic mass is 10.1. The SMILES string of the molecule is CC(C)(C)n1[nH]c(=O)cc1C1CC1. The van der Waals surface area contributed by atoms with Gasteiger partial charge in [-0.25, -0.2) is 0 Å². The van der Waals surface area contributed by atoms with Gasteiger partial charge in [-0.15, -0.1) is 0 Å². The molecule has 0 spiro atoms. The fourth-order valence-electron chi connectivity index (χ4n) is 1.64.